The summed E-state index contributed by atoms with van der Waals surface area (Å²) in [6.07, 6.45) is 6.72. The number of aliphatic hydroxyl groups is 1. The second kappa shape index (κ2) is 14.8. The molecule has 4 aromatic rings. The number of likely N-dealkylation sites (tertiary alicyclic amines) is 2. The van der Waals surface area contributed by atoms with Crippen LogP contribution in [0.25, 0.3) is 33.2 Å². The minimum absolute atomic E-state index is 0.0190. The number of aromatic amines is 1. The molecule has 12 nitrogen and oxygen atoms in total. The number of nitrogens with zero attached hydrogens (tertiary/aromatic N) is 4. The number of fused-ring (bicyclic) bond motifs is 3. The number of carbonyl (C=O) groups excluding carboxylic acids is 2. The molecular formula is C46H57N7O5. The number of methoxy groups -OCH3 is 1. The van der Waals surface area contributed by atoms with Gasteiger partial charge in [0.05, 0.1) is 42.6 Å². The van der Waals surface area contributed by atoms with Crippen molar-refractivity contribution < 1.29 is 24.2 Å². The first-order valence-electron chi connectivity index (χ1n) is 21.1. The number of hydrogen-bond donors (Lipinski definition) is 4. The van der Waals surface area contributed by atoms with Gasteiger partial charge >= 0.3 is 6.09 Å². The summed E-state index contributed by atoms with van der Waals surface area (Å²) < 4.78 is 10.8. The number of amidine groups is 1. The maximum Gasteiger partial charge on any atom is 0.410 e. The molecule has 2 unspecified atom stereocenters. The van der Waals surface area contributed by atoms with Gasteiger partial charge in [-0.2, -0.15) is 0 Å². The first-order chi connectivity index (χ1) is 27.8. The first kappa shape index (κ1) is 38.7. The van der Waals surface area contributed by atoms with E-state index in [0.717, 1.165) is 89.9 Å². The fourth-order valence-corrected chi connectivity index (χ4v) is 9.92. The highest BCUT2D eigenvalue weighted by Gasteiger charge is 2.56. The van der Waals surface area contributed by atoms with Crippen LogP contribution in [0.2, 0.25) is 0 Å². The second-order valence-electron chi connectivity index (χ2n) is 18.7. The molecule has 12 heteroatoms. The van der Waals surface area contributed by atoms with Crippen LogP contribution in [0, 0.1) is 17.3 Å². The predicted molar refractivity (Wildman–Crippen MR) is 224 cm³/mol. The number of ether oxygens (including phenoxy) is 2. The number of imidazole rings is 1. The van der Waals surface area contributed by atoms with Crippen molar-refractivity contribution in [3.63, 3.8) is 0 Å². The quantitative estimate of drug-likeness (QED) is 0.123. The largest absolute Gasteiger partial charge is 0.444 e. The van der Waals surface area contributed by atoms with E-state index in [1.165, 1.54) is 12.7 Å². The van der Waals surface area contributed by atoms with Crippen LogP contribution in [-0.4, -0.2) is 93.1 Å². The Bertz CT molecular complexity index is 2220. The van der Waals surface area contributed by atoms with E-state index < -0.39 is 18.1 Å². The fraction of sp³-hybridized carbons (Fsp3) is 0.522. The first-order valence-corrected chi connectivity index (χ1v) is 21.1. The average Bonchev–Trinajstić information content (AvgIpc) is 3.83. The molecule has 5 aliphatic rings. The molecule has 2 bridgehead atoms. The molecule has 2 aliphatic carbocycles. The highest BCUT2D eigenvalue weighted by Crippen LogP contribution is 2.55. The van der Waals surface area contributed by atoms with Gasteiger partial charge in [0.15, 0.2) is 0 Å². The maximum absolute atomic E-state index is 14.0. The van der Waals surface area contributed by atoms with Crippen LogP contribution < -0.4 is 10.6 Å². The Kier molecular flexibility index (Phi) is 9.88. The Morgan fingerprint density at radius 1 is 0.983 bits per heavy atom. The van der Waals surface area contributed by atoms with Gasteiger partial charge in [-0.05, 0) is 116 Å². The second-order valence-corrected chi connectivity index (χ2v) is 18.7. The van der Waals surface area contributed by atoms with Crippen molar-refractivity contribution in [2.75, 3.05) is 20.2 Å². The van der Waals surface area contributed by atoms with Crippen LogP contribution in [0.4, 0.5) is 4.79 Å². The molecule has 3 aromatic carbocycles. The van der Waals surface area contributed by atoms with Gasteiger partial charge in [-0.15, -0.1) is 0 Å². The zero-order valence-corrected chi connectivity index (χ0v) is 34.5. The van der Waals surface area contributed by atoms with Crippen molar-refractivity contribution in [2.24, 2.45) is 22.2 Å². The van der Waals surface area contributed by atoms with Crippen LogP contribution >= 0.6 is 0 Å². The molecular weight excluding hydrogens is 731 g/mol. The highest BCUT2D eigenvalue weighted by atomic mass is 16.6. The molecule has 0 radical (unpaired) electrons. The highest BCUT2D eigenvalue weighted by molar-refractivity contribution is 5.93. The van der Waals surface area contributed by atoms with Gasteiger partial charge < -0.3 is 29.8 Å². The zero-order chi connectivity index (χ0) is 40.5. The van der Waals surface area contributed by atoms with Gasteiger partial charge in [0.1, 0.15) is 17.3 Å². The number of carbonyl (C=O) groups is 2. The van der Waals surface area contributed by atoms with Gasteiger partial charge in [-0.3, -0.25) is 20.0 Å². The molecule has 2 saturated carbocycles. The van der Waals surface area contributed by atoms with Crippen LogP contribution in [0.3, 0.4) is 0 Å². The van der Waals surface area contributed by atoms with Crippen LogP contribution in [0.15, 0.2) is 71.9 Å². The molecule has 9 rings (SSSR count). The predicted octanol–water partition coefficient (Wildman–Crippen LogP) is 7.32. The van der Waals surface area contributed by atoms with E-state index in [1.807, 2.05) is 50.6 Å². The summed E-state index contributed by atoms with van der Waals surface area (Å²) in [5.41, 5.74) is 5.12. The molecule has 2 saturated heterocycles. The molecule has 2 amide bonds. The molecule has 3 aliphatic heterocycles. The third-order valence-electron chi connectivity index (χ3n) is 13.2. The Hall–Kier alpha value is -4.78. The average molecular weight is 788 g/mol. The smallest absolute Gasteiger partial charge is 0.410 e. The fourth-order valence-electron chi connectivity index (χ4n) is 9.92. The number of amides is 2. The van der Waals surface area contributed by atoms with E-state index >= 15 is 0 Å². The van der Waals surface area contributed by atoms with E-state index in [4.69, 9.17) is 19.5 Å². The molecule has 4 fully saturated rings. The number of nitrogens with one attached hydrogen (secondary N) is 3. The van der Waals surface area contributed by atoms with Gasteiger partial charge in [-0.1, -0.05) is 62.4 Å². The van der Waals surface area contributed by atoms with Gasteiger partial charge in [0.2, 0.25) is 12.3 Å². The lowest BCUT2D eigenvalue weighted by Gasteiger charge is -2.38. The van der Waals surface area contributed by atoms with Crippen LogP contribution in [0.1, 0.15) is 96.6 Å². The summed E-state index contributed by atoms with van der Waals surface area (Å²) in [5, 5.41) is 19.1. The maximum atomic E-state index is 14.0. The number of rotatable bonds is 10. The molecule has 306 valence electrons. The number of aliphatic hydroxyl groups excluding tert-OH is 1. The summed E-state index contributed by atoms with van der Waals surface area (Å²) in [7, 11) is 1.42. The number of benzene rings is 3. The van der Waals surface area contributed by atoms with Crippen molar-refractivity contribution >= 4 is 28.6 Å². The topological polar surface area (TPSA) is 144 Å². The van der Waals surface area contributed by atoms with Crippen molar-refractivity contribution in [3.05, 3.63) is 78.2 Å². The summed E-state index contributed by atoms with van der Waals surface area (Å²) >= 11 is 0. The van der Waals surface area contributed by atoms with Crippen molar-refractivity contribution in [1.82, 2.24) is 30.4 Å². The standard InChI is InChI=1S/C46H57N7O5/c1-26(2)38(51-43(55)57-6)42(54)53-34-16-15-33(21-34)39(53)41-48-24-36(50-41)32-14-13-30-19-29(11-12-31(30)20-32)27-7-9-28(10-8-27)35-23-47-40(49-35)37-22-46(17-18-46)25-52(37)44(56)58-45(3,4)5/h7-14,19-20,24,26,33-35,37-39,43,51,55H,15-18,21-23,25H2,1-6H3,(H,47,49)(H,48,50)/t33-,34+,35?,37-,38-,39-,43?/m0/s1. The Balaban J connectivity index is 0.870. The van der Waals surface area contributed by atoms with E-state index in [0.29, 0.717) is 12.5 Å². The summed E-state index contributed by atoms with van der Waals surface area (Å²) in [6, 6.07) is 21.3. The van der Waals surface area contributed by atoms with E-state index in [9.17, 15) is 14.7 Å². The number of piperidine rings is 1. The molecule has 7 atom stereocenters. The Morgan fingerprint density at radius 2 is 1.69 bits per heavy atom. The minimum Gasteiger partial charge on any atom is -0.444 e. The van der Waals surface area contributed by atoms with E-state index in [-0.39, 0.29) is 47.5 Å². The van der Waals surface area contributed by atoms with Gasteiger partial charge in [-0.25, -0.2) is 9.78 Å². The minimum atomic E-state index is -1.21. The number of hydrogen-bond acceptors (Lipinski definition) is 9. The van der Waals surface area contributed by atoms with Gasteiger partial charge in [0.25, 0.3) is 0 Å². The Labute approximate surface area is 340 Å². The van der Waals surface area contributed by atoms with E-state index in [1.54, 1.807) is 0 Å². The molecule has 4 N–H and O–H groups in total. The van der Waals surface area contributed by atoms with Crippen molar-refractivity contribution in [2.45, 2.75) is 115 Å². The molecule has 1 aromatic heterocycles. The SMILES string of the molecule is COC(O)N[C@H](C(=O)N1[C@@H]2CC[C@@H](C2)[C@H]1c1ncc(-c2ccc3cc(-c4ccc(C5CN=C([C@@H]6CC7(CC7)CN6C(=O)OC(C)(C)C)N5)cc4)ccc3c2)[nH]1)C(C)C. The summed E-state index contributed by atoms with van der Waals surface area (Å²) in [4.78, 5) is 44.5. The lowest BCUT2D eigenvalue weighted by atomic mass is 9.95. The lowest BCUT2D eigenvalue weighted by molar-refractivity contribution is -0.148. The number of aliphatic imine (C=N–C) groups is 1. The van der Waals surface area contributed by atoms with Gasteiger partial charge in [0, 0.05) is 25.3 Å². The Morgan fingerprint density at radius 3 is 2.38 bits per heavy atom. The normalized spacial score (nSPS) is 25.7. The molecule has 4 heterocycles. The summed E-state index contributed by atoms with van der Waals surface area (Å²) in [5.74, 6) is 2.01. The van der Waals surface area contributed by atoms with Crippen molar-refractivity contribution in [3.8, 4) is 22.4 Å². The molecule has 58 heavy (non-hydrogen) atoms. The lowest BCUT2D eigenvalue weighted by Crippen LogP contribution is -2.55. The zero-order valence-electron chi connectivity index (χ0n) is 34.5. The third kappa shape index (κ3) is 7.39. The summed E-state index contributed by atoms with van der Waals surface area (Å²) in [6.45, 7) is 11.1. The number of aromatic nitrogens is 2. The number of H-pyrrole nitrogens is 1. The monoisotopic (exact) mass is 787 g/mol. The van der Waals surface area contributed by atoms with Crippen LogP contribution in [-0.2, 0) is 14.3 Å². The van der Waals surface area contributed by atoms with Crippen molar-refractivity contribution in [1.29, 1.82) is 0 Å². The third-order valence-corrected chi connectivity index (χ3v) is 13.2. The molecule has 1 spiro atoms. The van der Waals surface area contributed by atoms with Crippen LogP contribution in [0.5, 0.6) is 0 Å². The van der Waals surface area contributed by atoms with E-state index in [2.05, 4.69) is 76.3 Å².